The van der Waals surface area contributed by atoms with Crippen molar-refractivity contribution < 1.29 is 28.7 Å². The minimum atomic E-state index is -1.44. The van der Waals surface area contributed by atoms with Crippen LogP contribution in [0.2, 0.25) is 0 Å². The summed E-state index contributed by atoms with van der Waals surface area (Å²) in [6.07, 6.45) is 2.42. The first-order valence-electron chi connectivity index (χ1n) is 9.50. The Labute approximate surface area is 162 Å². The van der Waals surface area contributed by atoms with Crippen LogP contribution in [0, 0.1) is 0 Å². The lowest BCUT2D eigenvalue weighted by atomic mass is 9.96. The summed E-state index contributed by atoms with van der Waals surface area (Å²) in [5, 5.41) is 0. The Balaban J connectivity index is 1.66. The Morgan fingerprint density at radius 3 is 2.68 bits per heavy atom. The predicted octanol–water partition coefficient (Wildman–Crippen LogP) is 1.62. The molecule has 0 bridgehead atoms. The number of nitrogens with zero attached hydrogens (tertiary/aromatic N) is 2. The van der Waals surface area contributed by atoms with Gasteiger partial charge in [-0.05, 0) is 31.4 Å². The van der Waals surface area contributed by atoms with Gasteiger partial charge < -0.3 is 14.4 Å². The zero-order valence-electron chi connectivity index (χ0n) is 15.7. The summed E-state index contributed by atoms with van der Waals surface area (Å²) in [6.45, 7) is 0.0199. The van der Waals surface area contributed by atoms with Crippen LogP contribution < -0.4 is 4.90 Å². The average Bonchev–Trinajstić information content (AvgIpc) is 3.47. The first-order valence-corrected chi connectivity index (χ1v) is 9.50. The fourth-order valence-electron chi connectivity index (χ4n) is 4.11. The Hall–Kier alpha value is -2.90. The highest BCUT2D eigenvalue weighted by molar-refractivity contribution is 6.15. The van der Waals surface area contributed by atoms with Crippen LogP contribution in [0.15, 0.2) is 24.3 Å². The molecule has 1 saturated heterocycles. The molecule has 2 fully saturated rings. The molecule has 8 nitrogen and oxygen atoms in total. The third kappa shape index (κ3) is 2.75. The number of anilines is 1. The molecule has 2 heterocycles. The molecule has 2 amide bonds. The van der Waals surface area contributed by atoms with E-state index in [1.165, 1.54) is 12.0 Å². The van der Waals surface area contributed by atoms with Crippen molar-refractivity contribution in [1.29, 1.82) is 0 Å². The number of fused-ring (bicyclic) bond motifs is 3. The number of carbonyl (C=O) groups is 4. The number of methoxy groups -OCH3 is 1. The predicted molar refractivity (Wildman–Crippen MR) is 97.3 cm³/mol. The van der Waals surface area contributed by atoms with E-state index in [2.05, 4.69) is 4.74 Å². The summed E-state index contributed by atoms with van der Waals surface area (Å²) in [6, 6.07) is 6.80. The van der Waals surface area contributed by atoms with Crippen molar-refractivity contribution in [1.82, 2.24) is 4.90 Å². The molecule has 2 aliphatic heterocycles. The number of benzene rings is 1. The van der Waals surface area contributed by atoms with E-state index < -0.39 is 11.6 Å². The quantitative estimate of drug-likeness (QED) is 0.545. The van der Waals surface area contributed by atoms with Gasteiger partial charge in [0.25, 0.3) is 5.91 Å². The van der Waals surface area contributed by atoms with E-state index in [4.69, 9.17) is 4.74 Å². The van der Waals surface area contributed by atoms with Crippen LogP contribution in [0.3, 0.4) is 0 Å². The molecule has 28 heavy (non-hydrogen) atoms. The smallest absolute Gasteiger partial charge is 0.353 e. The van der Waals surface area contributed by atoms with E-state index in [-0.39, 0.29) is 49.7 Å². The number of carbonyl (C=O) groups excluding carboxylic acids is 4. The standard InChI is InChI=1S/C20H22N2O6/c1-27-17(24)7-4-12-28-19(26)20-11-10-16(23)22(20)15-6-3-2-5-14(15)18(25)21(20)13-8-9-13/h2-3,5-6,13H,4,7-12H2,1H3/t20-/m1/s1. The van der Waals surface area contributed by atoms with Gasteiger partial charge >= 0.3 is 11.9 Å². The molecule has 1 atom stereocenters. The van der Waals surface area contributed by atoms with Crippen LogP contribution >= 0.6 is 0 Å². The maximum absolute atomic E-state index is 13.2. The number of para-hydroxylation sites is 1. The van der Waals surface area contributed by atoms with Crippen LogP contribution in [-0.2, 0) is 23.9 Å². The van der Waals surface area contributed by atoms with Crippen molar-refractivity contribution in [3.63, 3.8) is 0 Å². The van der Waals surface area contributed by atoms with Gasteiger partial charge in [-0.3, -0.25) is 19.3 Å². The fraction of sp³-hybridized carbons (Fsp3) is 0.500. The third-order valence-corrected chi connectivity index (χ3v) is 5.52. The van der Waals surface area contributed by atoms with E-state index in [0.717, 1.165) is 12.8 Å². The lowest BCUT2D eigenvalue weighted by Crippen LogP contribution is -2.69. The Morgan fingerprint density at radius 2 is 1.96 bits per heavy atom. The van der Waals surface area contributed by atoms with Gasteiger partial charge in [0.1, 0.15) is 0 Å². The molecule has 1 saturated carbocycles. The summed E-state index contributed by atoms with van der Waals surface area (Å²) >= 11 is 0. The second-order valence-corrected chi connectivity index (χ2v) is 7.28. The molecule has 4 rings (SSSR count). The largest absolute Gasteiger partial charge is 0.469 e. The zero-order valence-corrected chi connectivity index (χ0v) is 15.7. The molecular formula is C20H22N2O6. The lowest BCUT2D eigenvalue weighted by Gasteiger charge is -2.48. The zero-order chi connectivity index (χ0) is 19.9. The first-order chi connectivity index (χ1) is 13.5. The fourth-order valence-corrected chi connectivity index (χ4v) is 4.11. The molecule has 0 aromatic heterocycles. The molecule has 0 spiro atoms. The molecule has 3 aliphatic rings. The maximum Gasteiger partial charge on any atom is 0.353 e. The van der Waals surface area contributed by atoms with Crippen molar-refractivity contribution >= 4 is 29.4 Å². The highest BCUT2D eigenvalue weighted by atomic mass is 16.5. The van der Waals surface area contributed by atoms with Gasteiger partial charge in [0.15, 0.2) is 0 Å². The van der Waals surface area contributed by atoms with Crippen molar-refractivity contribution in [3.8, 4) is 0 Å². The first kappa shape index (κ1) is 18.5. The Kier molecular flexibility index (Phi) is 4.56. The van der Waals surface area contributed by atoms with Crippen molar-refractivity contribution in [3.05, 3.63) is 29.8 Å². The highest BCUT2D eigenvalue weighted by Gasteiger charge is 2.64. The Bertz CT molecular complexity index is 849. The SMILES string of the molecule is COC(=O)CCCOC(=O)[C@@]12CCC(=O)N1c1ccccc1C(=O)N2C1CC1. The van der Waals surface area contributed by atoms with E-state index in [1.54, 1.807) is 29.2 Å². The minimum absolute atomic E-state index is 0.0199. The van der Waals surface area contributed by atoms with Crippen molar-refractivity contribution in [2.45, 2.75) is 50.2 Å². The van der Waals surface area contributed by atoms with Crippen molar-refractivity contribution in [2.24, 2.45) is 0 Å². The van der Waals surface area contributed by atoms with Crippen LogP contribution in [0.25, 0.3) is 0 Å². The number of ether oxygens (including phenoxy) is 2. The molecule has 1 aliphatic carbocycles. The molecule has 0 unspecified atom stereocenters. The summed E-state index contributed by atoms with van der Waals surface area (Å²) in [5.41, 5.74) is -0.549. The van der Waals surface area contributed by atoms with Gasteiger partial charge in [-0.1, -0.05) is 12.1 Å². The summed E-state index contributed by atoms with van der Waals surface area (Å²) < 4.78 is 10.0. The summed E-state index contributed by atoms with van der Waals surface area (Å²) in [7, 11) is 1.30. The monoisotopic (exact) mass is 386 g/mol. The van der Waals surface area contributed by atoms with Crippen LogP contribution in [0.4, 0.5) is 5.69 Å². The van der Waals surface area contributed by atoms with Gasteiger partial charge in [-0.25, -0.2) is 4.79 Å². The van der Waals surface area contributed by atoms with Gasteiger partial charge in [-0.15, -0.1) is 0 Å². The van der Waals surface area contributed by atoms with Gasteiger partial charge in [0.05, 0.1) is 25.0 Å². The second-order valence-electron chi connectivity index (χ2n) is 7.28. The van der Waals surface area contributed by atoms with Gasteiger partial charge in [0.2, 0.25) is 11.6 Å². The van der Waals surface area contributed by atoms with E-state index in [0.29, 0.717) is 17.7 Å². The molecule has 0 N–H and O–H groups in total. The number of amides is 2. The number of hydrogen-bond acceptors (Lipinski definition) is 6. The van der Waals surface area contributed by atoms with Gasteiger partial charge in [0, 0.05) is 25.3 Å². The molecule has 0 radical (unpaired) electrons. The lowest BCUT2D eigenvalue weighted by molar-refractivity contribution is -0.158. The third-order valence-electron chi connectivity index (χ3n) is 5.52. The molecule has 1 aromatic rings. The molecular weight excluding hydrogens is 364 g/mol. The van der Waals surface area contributed by atoms with Crippen LogP contribution in [0.1, 0.15) is 48.9 Å². The van der Waals surface area contributed by atoms with E-state index >= 15 is 0 Å². The van der Waals surface area contributed by atoms with E-state index in [1.807, 2.05) is 0 Å². The minimum Gasteiger partial charge on any atom is -0.469 e. The highest BCUT2D eigenvalue weighted by Crippen LogP contribution is 2.49. The average molecular weight is 386 g/mol. The number of hydrogen-bond donors (Lipinski definition) is 0. The number of rotatable bonds is 6. The Morgan fingerprint density at radius 1 is 1.21 bits per heavy atom. The summed E-state index contributed by atoms with van der Waals surface area (Å²) in [4.78, 5) is 53.5. The number of esters is 2. The molecule has 8 heteroatoms. The van der Waals surface area contributed by atoms with Crippen molar-refractivity contribution in [2.75, 3.05) is 18.6 Å². The summed E-state index contributed by atoms with van der Waals surface area (Å²) in [5.74, 6) is -1.43. The normalized spacial score (nSPS) is 23.3. The maximum atomic E-state index is 13.2. The topological polar surface area (TPSA) is 93.2 Å². The molecule has 148 valence electrons. The van der Waals surface area contributed by atoms with Crippen LogP contribution in [0.5, 0.6) is 0 Å². The van der Waals surface area contributed by atoms with Gasteiger partial charge in [-0.2, -0.15) is 0 Å². The molecule has 1 aromatic carbocycles. The second kappa shape index (κ2) is 6.92. The van der Waals surface area contributed by atoms with E-state index in [9.17, 15) is 19.2 Å². The van der Waals surface area contributed by atoms with Crippen LogP contribution in [-0.4, -0.2) is 54.1 Å².